The van der Waals surface area contributed by atoms with Crippen molar-refractivity contribution in [2.45, 2.75) is 19.3 Å². The Morgan fingerprint density at radius 3 is 2.40 bits per heavy atom. The second-order valence-corrected chi connectivity index (χ2v) is 5.07. The van der Waals surface area contributed by atoms with Crippen LogP contribution in [0.2, 0.25) is 0 Å². The van der Waals surface area contributed by atoms with Gasteiger partial charge in [0.15, 0.2) is 0 Å². The van der Waals surface area contributed by atoms with Crippen LogP contribution in [0.1, 0.15) is 29.5 Å². The van der Waals surface area contributed by atoms with Crippen molar-refractivity contribution in [1.29, 1.82) is 0 Å². The Morgan fingerprint density at radius 2 is 1.65 bits per heavy atom. The summed E-state index contributed by atoms with van der Waals surface area (Å²) in [5, 5.41) is 9.14. The van der Waals surface area contributed by atoms with Crippen LogP contribution in [0.3, 0.4) is 0 Å². The fourth-order valence-corrected chi connectivity index (χ4v) is 2.91. The molecule has 0 amide bonds. The van der Waals surface area contributed by atoms with E-state index in [0.29, 0.717) is 0 Å². The maximum absolute atomic E-state index is 11.1. The zero-order valence-electron chi connectivity index (χ0n) is 11.2. The first-order chi connectivity index (χ1) is 9.75. The molecule has 0 saturated carbocycles. The Labute approximate surface area is 118 Å². The molecule has 0 spiro atoms. The van der Waals surface area contributed by atoms with Crippen LogP contribution >= 0.6 is 0 Å². The lowest BCUT2D eigenvalue weighted by Gasteiger charge is -2.23. The van der Waals surface area contributed by atoms with Crippen LogP contribution in [-0.4, -0.2) is 11.1 Å². The SMILES string of the molecule is O=C(O)CC1=C(c2ccccc2)c2ccccc2CC1. The van der Waals surface area contributed by atoms with Gasteiger partial charge in [-0.1, -0.05) is 60.2 Å². The van der Waals surface area contributed by atoms with Gasteiger partial charge in [-0.2, -0.15) is 0 Å². The van der Waals surface area contributed by atoms with E-state index in [1.165, 1.54) is 11.1 Å². The molecule has 20 heavy (non-hydrogen) atoms. The van der Waals surface area contributed by atoms with Crippen molar-refractivity contribution >= 4 is 11.5 Å². The van der Waals surface area contributed by atoms with Gasteiger partial charge >= 0.3 is 5.97 Å². The molecular weight excluding hydrogens is 248 g/mol. The number of rotatable bonds is 3. The summed E-state index contributed by atoms with van der Waals surface area (Å²) in [6.07, 6.45) is 1.88. The standard InChI is InChI=1S/C18H16O2/c19-17(20)12-15-11-10-13-6-4-5-9-16(13)18(15)14-7-2-1-3-8-14/h1-9H,10-12H2,(H,19,20). The molecule has 0 heterocycles. The average Bonchev–Trinajstić information content (AvgIpc) is 2.47. The number of carboxylic acid groups (broad SMARTS) is 1. The molecular formula is C18H16O2. The van der Waals surface area contributed by atoms with E-state index in [9.17, 15) is 4.79 Å². The largest absolute Gasteiger partial charge is 0.481 e. The van der Waals surface area contributed by atoms with Crippen molar-refractivity contribution < 1.29 is 9.90 Å². The van der Waals surface area contributed by atoms with E-state index in [0.717, 1.165) is 29.6 Å². The van der Waals surface area contributed by atoms with Crippen molar-refractivity contribution in [3.05, 3.63) is 76.9 Å². The van der Waals surface area contributed by atoms with Gasteiger partial charge in [0, 0.05) is 0 Å². The number of hydrogen-bond acceptors (Lipinski definition) is 1. The second-order valence-electron chi connectivity index (χ2n) is 5.07. The van der Waals surface area contributed by atoms with Crippen molar-refractivity contribution in [1.82, 2.24) is 0 Å². The maximum Gasteiger partial charge on any atom is 0.307 e. The molecule has 0 aromatic heterocycles. The van der Waals surface area contributed by atoms with E-state index in [2.05, 4.69) is 24.3 Å². The van der Waals surface area contributed by atoms with Gasteiger partial charge in [0.1, 0.15) is 0 Å². The van der Waals surface area contributed by atoms with Gasteiger partial charge in [-0.05, 0) is 35.1 Å². The number of fused-ring (bicyclic) bond motifs is 1. The van der Waals surface area contributed by atoms with Crippen LogP contribution in [-0.2, 0) is 11.2 Å². The summed E-state index contributed by atoms with van der Waals surface area (Å²) in [4.78, 5) is 11.1. The van der Waals surface area contributed by atoms with Crippen LogP contribution in [0.5, 0.6) is 0 Å². The number of aryl methyl sites for hydroxylation is 1. The van der Waals surface area contributed by atoms with Crippen molar-refractivity contribution in [3.8, 4) is 0 Å². The Bertz CT molecular complexity index is 669. The number of benzene rings is 2. The first-order valence-electron chi connectivity index (χ1n) is 6.83. The van der Waals surface area contributed by atoms with Crippen LogP contribution in [0.15, 0.2) is 60.2 Å². The zero-order valence-corrected chi connectivity index (χ0v) is 11.2. The van der Waals surface area contributed by atoms with E-state index in [-0.39, 0.29) is 6.42 Å². The Kier molecular flexibility index (Phi) is 3.38. The van der Waals surface area contributed by atoms with E-state index >= 15 is 0 Å². The number of aliphatic carboxylic acids is 1. The molecule has 2 nitrogen and oxygen atoms in total. The predicted octanol–water partition coefficient (Wildman–Crippen LogP) is 3.91. The molecule has 0 saturated heterocycles. The normalized spacial score (nSPS) is 14.0. The van der Waals surface area contributed by atoms with E-state index in [1.807, 2.05) is 30.3 Å². The molecule has 0 unspecified atom stereocenters. The lowest BCUT2D eigenvalue weighted by molar-refractivity contribution is -0.136. The minimum Gasteiger partial charge on any atom is -0.481 e. The fraction of sp³-hybridized carbons (Fsp3) is 0.167. The third-order valence-electron chi connectivity index (χ3n) is 3.76. The fourth-order valence-electron chi connectivity index (χ4n) is 2.91. The zero-order chi connectivity index (χ0) is 13.9. The van der Waals surface area contributed by atoms with Crippen LogP contribution < -0.4 is 0 Å². The molecule has 1 aliphatic rings. The highest BCUT2D eigenvalue weighted by Gasteiger charge is 2.21. The number of carbonyl (C=O) groups is 1. The van der Waals surface area contributed by atoms with Gasteiger partial charge < -0.3 is 5.11 Å². The summed E-state index contributed by atoms with van der Waals surface area (Å²) >= 11 is 0. The van der Waals surface area contributed by atoms with Crippen LogP contribution in [0.4, 0.5) is 0 Å². The molecule has 3 rings (SSSR count). The van der Waals surface area contributed by atoms with E-state index in [4.69, 9.17) is 5.11 Å². The van der Waals surface area contributed by atoms with Gasteiger partial charge in [0.05, 0.1) is 6.42 Å². The summed E-state index contributed by atoms with van der Waals surface area (Å²) < 4.78 is 0. The summed E-state index contributed by atoms with van der Waals surface area (Å²) in [7, 11) is 0. The third-order valence-corrected chi connectivity index (χ3v) is 3.76. The molecule has 2 aromatic carbocycles. The molecule has 1 N–H and O–H groups in total. The third kappa shape index (κ3) is 2.37. The van der Waals surface area contributed by atoms with Gasteiger partial charge in [0.25, 0.3) is 0 Å². The molecule has 0 radical (unpaired) electrons. The van der Waals surface area contributed by atoms with Crippen molar-refractivity contribution in [2.24, 2.45) is 0 Å². The highest BCUT2D eigenvalue weighted by atomic mass is 16.4. The minimum absolute atomic E-state index is 0.124. The lowest BCUT2D eigenvalue weighted by atomic mass is 9.81. The highest BCUT2D eigenvalue weighted by Crippen LogP contribution is 2.37. The van der Waals surface area contributed by atoms with Crippen molar-refractivity contribution in [3.63, 3.8) is 0 Å². The molecule has 100 valence electrons. The lowest BCUT2D eigenvalue weighted by Crippen LogP contribution is -2.09. The Hall–Kier alpha value is -2.35. The van der Waals surface area contributed by atoms with Gasteiger partial charge in [-0.3, -0.25) is 4.79 Å². The molecule has 1 aliphatic carbocycles. The topological polar surface area (TPSA) is 37.3 Å². The average molecular weight is 264 g/mol. The van der Waals surface area contributed by atoms with Crippen LogP contribution in [0.25, 0.3) is 5.57 Å². The quantitative estimate of drug-likeness (QED) is 0.912. The van der Waals surface area contributed by atoms with Gasteiger partial charge in [-0.15, -0.1) is 0 Å². The molecule has 2 heteroatoms. The number of carboxylic acids is 1. The monoisotopic (exact) mass is 264 g/mol. The van der Waals surface area contributed by atoms with Gasteiger partial charge in [-0.25, -0.2) is 0 Å². The maximum atomic E-state index is 11.1. The summed E-state index contributed by atoms with van der Waals surface area (Å²) in [6, 6.07) is 18.4. The van der Waals surface area contributed by atoms with E-state index in [1.54, 1.807) is 0 Å². The molecule has 0 aliphatic heterocycles. The van der Waals surface area contributed by atoms with Crippen LogP contribution in [0, 0.1) is 0 Å². The highest BCUT2D eigenvalue weighted by molar-refractivity contribution is 5.87. The first-order valence-corrected chi connectivity index (χ1v) is 6.83. The van der Waals surface area contributed by atoms with Gasteiger partial charge in [0.2, 0.25) is 0 Å². The number of hydrogen-bond donors (Lipinski definition) is 1. The Morgan fingerprint density at radius 1 is 0.950 bits per heavy atom. The summed E-state index contributed by atoms with van der Waals surface area (Å²) in [5.74, 6) is -0.757. The minimum atomic E-state index is -0.757. The molecule has 0 fully saturated rings. The smallest absolute Gasteiger partial charge is 0.307 e. The second kappa shape index (κ2) is 5.33. The summed E-state index contributed by atoms with van der Waals surface area (Å²) in [6.45, 7) is 0. The van der Waals surface area contributed by atoms with Crippen molar-refractivity contribution in [2.75, 3.05) is 0 Å². The van der Waals surface area contributed by atoms with E-state index < -0.39 is 5.97 Å². The predicted molar refractivity (Wildman–Crippen MR) is 79.5 cm³/mol. The summed E-state index contributed by atoms with van der Waals surface area (Å²) in [5.41, 5.74) is 5.73. The molecule has 2 aromatic rings. The molecule has 0 bridgehead atoms. The first kappa shape index (κ1) is 12.7. The molecule has 0 atom stereocenters. The Balaban J connectivity index is 2.19.